The second kappa shape index (κ2) is 5.32. The average molecular weight is 203 g/mol. The van der Waals surface area contributed by atoms with Crippen molar-refractivity contribution in [3.05, 3.63) is 35.9 Å². The summed E-state index contributed by atoms with van der Waals surface area (Å²) in [5.41, 5.74) is 1.39. The predicted octanol–water partition coefficient (Wildman–Crippen LogP) is 3.35. The van der Waals surface area contributed by atoms with Gasteiger partial charge < -0.3 is 5.32 Å². The van der Waals surface area contributed by atoms with Gasteiger partial charge in [0.15, 0.2) is 0 Å². The fourth-order valence-corrected chi connectivity index (χ4v) is 2.20. The van der Waals surface area contributed by atoms with Crippen LogP contribution < -0.4 is 5.32 Å². The first-order valence-electron chi connectivity index (χ1n) is 6.12. The van der Waals surface area contributed by atoms with E-state index in [1.54, 1.807) is 0 Å². The first-order chi connectivity index (χ1) is 7.34. The van der Waals surface area contributed by atoms with Gasteiger partial charge in [-0.25, -0.2) is 0 Å². The summed E-state index contributed by atoms with van der Waals surface area (Å²) < 4.78 is 0. The number of hydrogen-bond donors (Lipinski definition) is 1. The first-order valence-corrected chi connectivity index (χ1v) is 6.12. The molecule has 1 fully saturated rings. The first kappa shape index (κ1) is 10.7. The van der Waals surface area contributed by atoms with E-state index in [1.807, 2.05) is 0 Å². The Kier molecular flexibility index (Phi) is 3.79. The lowest BCUT2D eigenvalue weighted by Gasteiger charge is -2.28. The van der Waals surface area contributed by atoms with Gasteiger partial charge in [0.1, 0.15) is 0 Å². The summed E-state index contributed by atoms with van der Waals surface area (Å²) in [5, 5.41) is 3.60. The zero-order chi connectivity index (χ0) is 10.5. The molecule has 0 amide bonds. The van der Waals surface area contributed by atoms with E-state index in [-0.39, 0.29) is 0 Å². The summed E-state index contributed by atoms with van der Waals surface area (Å²) in [5.74, 6) is 1.00. The lowest BCUT2D eigenvalue weighted by molar-refractivity contribution is 0.265. The summed E-state index contributed by atoms with van der Waals surface area (Å²) in [6.07, 6.45) is 5.72. The quantitative estimate of drug-likeness (QED) is 0.773. The molecule has 1 aliphatic carbocycles. The van der Waals surface area contributed by atoms with Crippen molar-refractivity contribution in [1.82, 2.24) is 5.32 Å². The Morgan fingerprint density at radius 1 is 1.27 bits per heavy atom. The van der Waals surface area contributed by atoms with Gasteiger partial charge in [-0.1, -0.05) is 49.6 Å². The molecule has 0 saturated heterocycles. The Balaban J connectivity index is 1.68. The number of nitrogens with one attached hydrogen (secondary N) is 1. The zero-order valence-electron chi connectivity index (χ0n) is 9.58. The topological polar surface area (TPSA) is 12.0 Å². The van der Waals surface area contributed by atoms with Gasteiger partial charge >= 0.3 is 0 Å². The molecule has 82 valence electrons. The van der Waals surface area contributed by atoms with Gasteiger partial charge in [0, 0.05) is 12.6 Å². The smallest absolute Gasteiger partial charge is 0.0207 e. The minimum atomic E-state index is 0.663. The Morgan fingerprint density at radius 3 is 2.60 bits per heavy atom. The summed E-state index contributed by atoms with van der Waals surface area (Å²) in [6, 6.07) is 11.3. The van der Waals surface area contributed by atoms with E-state index in [0.717, 1.165) is 12.5 Å². The summed E-state index contributed by atoms with van der Waals surface area (Å²) >= 11 is 0. The minimum Gasteiger partial charge on any atom is -0.310 e. The van der Waals surface area contributed by atoms with Crippen LogP contribution in [0.15, 0.2) is 30.3 Å². The molecule has 1 nitrogen and oxygen atoms in total. The van der Waals surface area contributed by atoms with E-state index in [0.29, 0.717) is 6.04 Å². The molecule has 0 bridgehead atoms. The van der Waals surface area contributed by atoms with E-state index in [4.69, 9.17) is 0 Å². The summed E-state index contributed by atoms with van der Waals surface area (Å²) in [7, 11) is 0. The van der Waals surface area contributed by atoms with Gasteiger partial charge in [0.2, 0.25) is 0 Å². The van der Waals surface area contributed by atoms with Crippen molar-refractivity contribution in [1.29, 1.82) is 0 Å². The normalized spacial score (nSPS) is 18.5. The third-order valence-corrected chi connectivity index (χ3v) is 3.41. The van der Waals surface area contributed by atoms with Crippen molar-refractivity contribution in [2.75, 3.05) is 0 Å². The minimum absolute atomic E-state index is 0.663. The highest BCUT2D eigenvalue weighted by Crippen LogP contribution is 2.30. The maximum atomic E-state index is 3.60. The maximum absolute atomic E-state index is 3.60. The Morgan fingerprint density at radius 2 is 2.00 bits per heavy atom. The number of rotatable bonds is 5. The summed E-state index contributed by atoms with van der Waals surface area (Å²) in [6.45, 7) is 3.32. The molecule has 1 aliphatic rings. The molecule has 15 heavy (non-hydrogen) atoms. The standard InChI is InChI=1S/C14H21N/c1-12(10-13-8-5-9-13)15-11-14-6-3-2-4-7-14/h2-4,6-7,12-13,15H,5,8-11H2,1H3/t12-/m0/s1. The van der Waals surface area contributed by atoms with Gasteiger partial charge in [0.25, 0.3) is 0 Å². The predicted molar refractivity (Wildman–Crippen MR) is 64.7 cm³/mol. The van der Waals surface area contributed by atoms with Gasteiger partial charge in [-0.3, -0.25) is 0 Å². The molecule has 1 aromatic rings. The number of benzene rings is 1. The molecule has 0 radical (unpaired) electrons. The highest BCUT2D eigenvalue weighted by atomic mass is 14.9. The lowest BCUT2D eigenvalue weighted by Crippen LogP contribution is -2.29. The molecule has 0 unspecified atom stereocenters. The van der Waals surface area contributed by atoms with Crippen LogP contribution in [0.5, 0.6) is 0 Å². The molecule has 2 rings (SSSR count). The second-order valence-corrected chi connectivity index (χ2v) is 4.80. The third kappa shape index (κ3) is 3.35. The van der Waals surface area contributed by atoms with Crippen molar-refractivity contribution in [2.24, 2.45) is 5.92 Å². The average Bonchev–Trinajstić information content (AvgIpc) is 2.22. The Labute approximate surface area is 92.9 Å². The molecule has 1 atom stereocenters. The maximum Gasteiger partial charge on any atom is 0.0207 e. The van der Waals surface area contributed by atoms with E-state index >= 15 is 0 Å². The van der Waals surface area contributed by atoms with Crippen LogP contribution >= 0.6 is 0 Å². The second-order valence-electron chi connectivity index (χ2n) is 4.80. The van der Waals surface area contributed by atoms with Gasteiger partial charge in [-0.15, -0.1) is 0 Å². The highest BCUT2D eigenvalue weighted by Gasteiger charge is 2.19. The highest BCUT2D eigenvalue weighted by molar-refractivity contribution is 5.14. The van der Waals surface area contributed by atoms with Crippen LogP contribution in [0.25, 0.3) is 0 Å². The monoisotopic (exact) mass is 203 g/mol. The molecule has 1 aromatic carbocycles. The fraction of sp³-hybridized carbons (Fsp3) is 0.571. The molecular formula is C14H21N. The van der Waals surface area contributed by atoms with Crippen molar-refractivity contribution < 1.29 is 0 Å². The van der Waals surface area contributed by atoms with Gasteiger partial charge in [0.05, 0.1) is 0 Å². The van der Waals surface area contributed by atoms with E-state index in [1.165, 1.54) is 31.2 Å². The third-order valence-electron chi connectivity index (χ3n) is 3.41. The molecule has 1 N–H and O–H groups in total. The van der Waals surface area contributed by atoms with Crippen molar-refractivity contribution in [3.63, 3.8) is 0 Å². The van der Waals surface area contributed by atoms with Crippen molar-refractivity contribution >= 4 is 0 Å². The van der Waals surface area contributed by atoms with Crippen LogP contribution in [-0.4, -0.2) is 6.04 Å². The van der Waals surface area contributed by atoms with Crippen LogP contribution in [0, 0.1) is 5.92 Å². The van der Waals surface area contributed by atoms with Crippen LogP contribution in [0.1, 0.15) is 38.2 Å². The fourth-order valence-electron chi connectivity index (χ4n) is 2.20. The van der Waals surface area contributed by atoms with Gasteiger partial charge in [-0.05, 0) is 24.8 Å². The van der Waals surface area contributed by atoms with E-state index in [2.05, 4.69) is 42.6 Å². The van der Waals surface area contributed by atoms with Crippen LogP contribution in [0.3, 0.4) is 0 Å². The van der Waals surface area contributed by atoms with Crippen LogP contribution in [0.2, 0.25) is 0 Å². The van der Waals surface area contributed by atoms with E-state index < -0.39 is 0 Å². The molecule has 1 saturated carbocycles. The number of hydrogen-bond acceptors (Lipinski definition) is 1. The Hall–Kier alpha value is -0.820. The van der Waals surface area contributed by atoms with Gasteiger partial charge in [-0.2, -0.15) is 0 Å². The summed E-state index contributed by atoms with van der Waals surface area (Å²) in [4.78, 5) is 0. The zero-order valence-corrected chi connectivity index (χ0v) is 9.58. The molecular weight excluding hydrogens is 182 g/mol. The molecule has 0 heterocycles. The largest absolute Gasteiger partial charge is 0.310 e. The molecule has 0 aliphatic heterocycles. The SMILES string of the molecule is C[C@@H](CC1CCC1)NCc1ccccc1. The Bertz CT molecular complexity index is 277. The molecule has 1 heteroatoms. The molecule has 0 aromatic heterocycles. The van der Waals surface area contributed by atoms with Crippen molar-refractivity contribution in [3.8, 4) is 0 Å². The van der Waals surface area contributed by atoms with Crippen LogP contribution in [-0.2, 0) is 6.54 Å². The molecule has 0 spiro atoms. The van der Waals surface area contributed by atoms with Crippen LogP contribution in [0.4, 0.5) is 0 Å². The van der Waals surface area contributed by atoms with E-state index in [9.17, 15) is 0 Å². The lowest BCUT2D eigenvalue weighted by atomic mass is 9.81. The van der Waals surface area contributed by atoms with Crippen molar-refractivity contribution in [2.45, 2.75) is 45.2 Å².